The molecule has 0 saturated heterocycles. The SMILES string of the molecule is CC(C)CCC[C@@H](C)[C@H]1CC[C@H]2[C@@H]3CC=C4C[C@@H](OC(=O)N[C@@H](CCCN=C(N)N)C(=O)N[C@@H](CCCN=C(N)N)C(N)=O)CC[C@]4(C)[C@H]3CC[C@]12C. The third-order valence-corrected chi connectivity index (χ3v) is 13.7. The summed E-state index contributed by atoms with van der Waals surface area (Å²) in [5, 5.41) is 5.44. The van der Waals surface area contributed by atoms with E-state index in [1.807, 2.05) is 0 Å². The van der Waals surface area contributed by atoms with Gasteiger partial charge >= 0.3 is 6.09 Å². The van der Waals surface area contributed by atoms with E-state index in [1.165, 1.54) is 50.5 Å². The minimum atomic E-state index is -0.982. The lowest BCUT2D eigenvalue weighted by molar-refractivity contribution is -0.128. The summed E-state index contributed by atoms with van der Waals surface area (Å²) in [4.78, 5) is 46.8. The second kappa shape index (κ2) is 18.7. The van der Waals surface area contributed by atoms with E-state index in [2.05, 4.69) is 61.3 Å². The number of amides is 3. The van der Waals surface area contributed by atoms with Gasteiger partial charge in [0.15, 0.2) is 11.9 Å². The number of fused-ring (bicyclic) bond motifs is 5. The maximum Gasteiger partial charge on any atom is 0.408 e. The molecule has 0 spiro atoms. The van der Waals surface area contributed by atoms with Gasteiger partial charge < -0.3 is 44.0 Å². The van der Waals surface area contributed by atoms with Crippen LogP contribution in [-0.2, 0) is 14.3 Å². The third kappa shape index (κ3) is 10.8. The molecule has 13 nitrogen and oxygen atoms in total. The lowest BCUT2D eigenvalue weighted by Crippen LogP contribution is -2.53. The Labute approximate surface area is 317 Å². The van der Waals surface area contributed by atoms with Crippen LogP contribution >= 0.6 is 0 Å². The van der Waals surface area contributed by atoms with E-state index in [4.69, 9.17) is 33.4 Å². The number of nitrogens with zero attached hydrogens (tertiary/aromatic N) is 2. The van der Waals surface area contributed by atoms with Gasteiger partial charge in [0.2, 0.25) is 11.8 Å². The minimum Gasteiger partial charge on any atom is -0.446 e. The molecule has 4 rings (SSSR count). The van der Waals surface area contributed by atoms with Gasteiger partial charge in [0.25, 0.3) is 0 Å². The zero-order valence-electron chi connectivity index (χ0n) is 33.2. The van der Waals surface area contributed by atoms with Crippen LogP contribution in [0.4, 0.5) is 4.79 Å². The molecule has 0 aromatic rings. The quantitative estimate of drug-likeness (QED) is 0.0453. The van der Waals surface area contributed by atoms with Gasteiger partial charge in [-0.1, -0.05) is 65.5 Å². The van der Waals surface area contributed by atoms with Crippen molar-refractivity contribution in [3.8, 4) is 0 Å². The van der Waals surface area contributed by atoms with Crippen molar-refractivity contribution < 1.29 is 19.1 Å². The molecule has 0 aromatic carbocycles. The van der Waals surface area contributed by atoms with Crippen LogP contribution in [0, 0.1) is 46.3 Å². The first kappa shape index (κ1) is 42.2. The molecule has 12 N–H and O–H groups in total. The highest BCUT2D eigenvalue weighted by molar-refractivity contribution is 5.90. The highest BCUT2D eigenvalue weighted by Gasteiger charge is 2.59. The number of allylic oxidation sites excluding steroid dienone is 1. The maximum atomic E-state index is 13.4. The molecule has 300 valence electrons. The molecule has 53 heavy (non-hydrogen) atoms. The largest absolute Gasteiger partial charge is 0.446 e. The lowest BCUT2D eigenvalue weighted by atomic mass is 9.47. The Morgan fingerprint density at radius 1 is 0.811 bits per heavy atom. The minimum absolute atomic E-state index is 0.0580. The highest BCUT2D eigenvalue weighted by Crippen LogP contribution is 2.67. The number of carbonyl (C=O) groups excluding carboxylic acids is 3. The molecule has 3 saturated carbocycles. The first-order chi connectivity index (χ1) is 25.0. The van der Waals surface area contributed by atoms with Crippen LogP contribution in [0.15, 0.2) is 21.6 Å². The summed E-state index contributed by atoms with van der Waals surface area (Å²) >= 11 is 0. The first-order valence-electron chi connectivity index (χ1n) is 20.4. The van der Waals surface area contributed by atoms with Gasteiger partial charge in [0, 0.05) is 19.5 Å². The molecule has 3 amide bonds. The van der Waals surface area contributed by atoms with Crippen LogP contribution in [-0.4, -0.2) is 61.1 Å². The van der Waals surface area contributed by atoms with Crippen LogP contribution in [0.1, 0.15) is 131 Å². The van der Waals surface area contributed by atoms with Gasteiger partial charge in [-0.3, -0.25) is 19.6 Å². The Bertz CT molecular complexity index is 1360. The molecular weight excluding hydrogens is 670 g/mol. The number of nitrogens with one attached hydrogen (secondary N) is 2. The molecule has 10 atom stereocenters. The van der Waals surface area contributed by atoms with Crippen molar-refractivity contribution in [1.29, 1.82) is 0 Å². The van der Waals surface area contributed by atoms with E-state index in [-0.39, 0.29) is 49.4 Å². The molecule has 0 aromatic heterocycles. The number of aliphatic imine (C=N–C) groups is 2. The predicted octanol–water partition coefficient (Wildman–Crippen LogP) is 4.57. The standard InChI is InChI=1S/C40H71N9O4/c1-24(2)9-6-10-25(3)29-15-16-30-28-14-13-26-23-27(17-19-39(26,4)31(28)18-20-40(29,30)5)53-38(52)49-33(12-8-22-47-37(44)45)35(51)48-32(34(41)50)11-7-21-46-36(42)43/h13,24-25,27-33H,6-12,14-23H2,1-5H3,(H2,41,50)(H,48,51)(H,49,52)(H4,42,43,46)(H4,44,45,47)/t25-,27+,28+,29-,30+,31+,32+,33+,39+,40-/m1/s1. The molecule has 4 aliphatic rings. The molecule has 13 heteroatoms. The van der Waals surface area contributed by atoms with Crippen molar-refractivity contribution in [1.82, 2.24) is 10.6 Å². The smallest absolute Gasteiger partial charge is 0.408 e. The highest BCUT2D eigenvalue weighted by atomic mass is 16.6. The van der Waals surface area contributed by atoms with Crippen LogP contribution in [0.3, 0.4) is 0 Å². The van der Waals surface area contributed by atoms with Gasteiger partial charge in [-0.2, -0.15) is 0 Å². The van der Waals surface area contributed by atoms with E-state index in [0.717, 1.165) is 48.9 Å². The van der Waals surface area contributed by atoms with Crippen molar-refractivity contribution in [2.45, 2.75) is 149 Å². The first-order valence-corrected chi connectivity index (χ1v) is 20.4. The van der Waals surface area contributed by atoms with E-state index in [0.29, 0.717) is 30.6 Å². The molecular formula is C40H71N9O4. The second-order valence-corrected chi connectivity index (χ2v) is 17.6. The van der Waals surface area contributed by atoms with E-state index < -0.39 is 30.0 Å². The van der Waals surface area contributed by atoms with Crippen LogP contribution in [0.5, 0.6) is 0 Å². The number of guanidine groups is 2. The molecule has 0 radical (unpaired) electrons. The van der Waals surface area contributed by atoms with Crippen molar-refractivity contribution >= 4 is 29.8 Å². The summed E-state index contributed by atoms with van der Waals surface area (Å²) < 4.78 is 6.01. The molecule has 4 aliphatic carbocycles. The average molecular weight is 742 g/mol. The van der Waals surface area contributed by atoms with Gasteiger partial charge in [-0.05, 0) is 117 Å². The van der Waals surface area contributed by atoms with Crippen molar-refractivity contribution in [2.24, 2.45) is 85.0 Å². The zero-order chi connectivity index (χ0) is 38.9. The molecule has 0 unspecified atom stereocenters. The monoisotopic (exact) mass is 742 g/mol. The fraction of sp³-hybridized carbons (Fsp3) is 0.825. The van der Waals surface area contributed by atoms with Crippen molar-refractivity contribution in [2.75, 3.05) is 13.1 Å². The second-order valence-electron chi connectivity index (χ2n) is 17.6. The van der Waals surface area contributed by atoms with E-state index >= 15 is 0 Å². The van der Waals surface area contributed by atoms with Crippen LogP contribution < -0.4 is 39.3 Å². The number of carbonyl (C=O) groups is 3. The summed E-state index contributed by atoms with van der Waals surface area (Å²) in [6, 6.07) is -1.94. The number of hydrogen-bond acceptors (Lipinski definition) is 6. The summed E-state index contributed by atoms with van der Waals surface area (Å²) in [6.45, 7) is 12.9. The van der Waals surface area contributed by atoms with Gasteiger partial charge in [0.05, 0.1) is 0 Å². The van der Waals surface area contributed by atoms with E-state index in [1.54, 1.807) is 0 Å². The summed E-state index contributed by atoms with van der Waals surface area (Å²) in [5.41, 5.74) is 29.3. The number of primary amides is 1. The predicted molar refractivity (Wildman–Crippen MR) is 211 cm³/mol. The molecule has 0 bridgehead atoms. The fourth-order valence-electron chi connectivity index (χ4n) is 10.9. The fourth-order valence-corrected chi connectivity index (χ4v) is 10.9. The van der Waals surface area contributed by atoms with E-state index in [9.17, 15) is 14.4 Å². The van der Waals surface area contributed by atoms with Crippen molar-refractivity contribution in [3.63, 3.8) is 0 Å². The lowest BCUT2D eigenvalue weighted by Gasteiger charge is -2.58. The van der Waals surface area contributed by atoms with Gasteiger partial charge in [-0.25, -0.2) is 4.79 Å². The number of nitrogens with two attached hydrogens (primary N) is 5. The van der Waals surface area contributed by atoms with Gasteiger partial charge in [-0.15, -0.1) is 0 Å². The van der Waals surface area contributed by atoms with Crippen LogP contribution in [0.2, 0.25) is 0 Å². The molecule has 0 heterocycles. The normalized spacial score (nSPS) is 30.7. The number of alkyl carbamates (subject to hydrolysis) is 1. The summed E-state index contributed by atoms with van der Waals surface area (Å²) in [7, 11) is 0. The Morgan fingerprint density at radius 3 is 2.09 bits per heavy atom. The van der Waals surface area contributed by atoms with Crippen LogP contribution in [0.25, 0.3) is 0 Å². The average Bonchev–Trinajstić information content (AvgIpc) is 3.44. The van der Waals surface area contributed by atoms with Gasteiger partial charge in [0.1, 0.15) is 18.2 Å². The number of rotatable bonds is 18. The zero-order valence-corrected chi connectivity index (χ0v) is 33.2. The summed E-state index contributed by atoms with van der Waals surface area (Å²) in [5.74, 6) is 3.23. The third-order valence-electron chi connectivity index (χ3n) is 13.7. The molecule has 3 fully saturated rings. The molecule has 0 aliphatic heterocycles. The Morgan fingerprint density at radius 2 is 1.47 bits per heavy atom. The Kier molecular flexibility index (Phi) is 14.9. The summed E-state index contributed by atoms with van der Waals surface area (Å²) in [6.07, 6.45) is 15.8. The number of hydrogen-bond donors (Lipinski definition) is 7. The van der Waals surface area contributed by atoms with Crippen molar-refractivity contribution in [3.05, 3.63) is 11.6 Å². The Balaban J connectivity index is 1.36. The number of ether oxygens (including phenoxy) is 1. The maximum absolute atomic E-state index is 13.4. The topological polar surface area (TPSA) is 239 Å². The Hall–Kier alpha value is -3.51.